The highest BCUT2D eigenvalue weighted by Gasteiger charge is 2.04. The first-order valence-corrected chi connectivity index (χ1v) is 11.1. The van der Waals surface area contributed by atoms with Gasteiger partial charge in [0.05, 0.1) is 13.7 Å². The second-order valence-corrected chi connectivity index (χ2v) is 8.17. The van der Waals surface area contributed by atoms with E-state index < -0.39 is 0 Å². The Balaban J connectivity index is 1.31. The van der Waals surface area contributed by atoms with Crippen LogP contribution in [0.25, 0.3) is 0 Å². The zero-order chi connectivity index (χ0) is 21.9. The molecule has 0 saturated heterocycles. The average molecular weight is 438 g/mol. The minimum atomic E-state index is -0.140. The molecule has 6 heteroatoms. The van der Waals surface area contributed by atoms with E-state index in [1.165, 1.54) is 5.56 Å². The third kappa shape index (κ3) is 8.00. The number of methoxy groups -OCH3 is 1. The Morgan fingerprint density at radius 2 is 1.45 bits per heavy atom. The number of rotatable bonds is 11. The van der Waals surface area contributed by atoms with Crippen molar-refractivity contribution in [3.05, 3.63) is 89.5 Å². The van der Waals surface area contributed by atoms with Crippen molar-refractivity contribution in [1.82, 2.24) is 5.48 Å². The van der Waals surface area contributed by atoms with E-state index in [1.54, 1.807) is 18.9 Å². The van der Waals surface area contributed by atoms with Gasteiger partial charge in [0.1, 0.15) is 18.1 Å². The van der Waals surface area contributed by atoms with Crippen molar-refractivity contribution in [3.63, 3.8) is 0 Å². The lowest BCUT2D eigenvalue weighted by Crippen LogP contribution is -2.23. The first-order chi connectivity index (χ1) is 15.1. The first-order valence-electron chi connectivity index (χ1n) is 10.1. The minimum absolute atomic E-state index is 0.140. The molecule has 0 heterocycles. The van der Waals surface area contributed by atoms with Crippen LogP contribution in [0.4, 0.5) is 0 Å². The maximum absolute atomic E-state index is 11.9. The van der Waals surface area contributed by atoms with Crippen LogP contribution in [-0.4, -0.2) is 18.8 Å². The Hall–Kier alpha value is -2.96. The van der Waals surface area contributed by atoms with Gasteiger partial charge in [-0.3, -0.25) is 9.63 Å². The lowest BCUT2D eigenvalue weighted by atomic mass is 10.2. The fraction of sp³-hybridized carbons (Fsp3) is 0.240. The van der Waals surface area contributed by atoms with Crippen LogP contribution in [0.2, 0.25) is 0 Å². The fourth-order valence-electron chi connectivity index (χ4n) is 2.72. The van der Waals surface area contributed by atoms with Crippen LogP contribution >= 0.6 is 11.8 Å². The van der Waals surface area contributed by atoms with Crippen molar-refractivity contribution < 1.29 is 19.1 Å². The quantitative estimate of drug-likeness (QED) is 0.325. The Morgan fingerprint density at radius 1 is 0.839 bits per heavy atom. The van der Waals surface area contributed by atoms with Crippen molar-refractivity contribution in [2.24, 2.45) is 0 Å². The van der Waals surface area contributed by atoms with Gasteiger partial charge in [-0.05, 0) is 54.4 Å². The second-order valence-electron chi connectivity index (χ2n) is 7.01. The van der Waals surface area contributed by atoms with Gasteiger partial charge in [-0.15, -0.1) is 11.8 Å². The number of hydrogen-bond acceptors (Lipinski definition) is 5. The third-order valence-corrected chi connectivity index (χ3v) is 5.55. The van der Waals surface area contributed by atoms with Gasteiger partial charge in [0.2, 0.25) is 5.91 Å². The van der Waals surface area contributed by atoms with E-state index in [0.29, 0.717) is 25.4 Å². The Labute approximate surface area is 187 Å². The summed E-state index contributed by atoms with van der Waals surface area (Å²) < 4.78 is 10.9. The molecule has 0 fully saturated rings. The maximum atomic E-state index is 11.9. The molecule has 1 amide bonds. The molecule has 3 rings (SSSR count). The van der Waals surface area contributed by atoms with Crippen LogP contribution in [0, 0.1) is 6.92 Å². The average Bonchev–Trinajstić information content (AvgIpc) is 2.80. The highest BCUT2D eigenvalue weighted by Crippen LogP contribution is 2.21. The molecular formula is C25H27NO4S. The molecule has 0 aliphatic heterocycles. The number of amides is 1. The Morgan fingerprint density at radius 3 is 2.13 bits per heavy atom. The van der Waals surface area contributed by atoms with Gasteiger partial charge < -0.3 is 9.47 Å². The van der Waals surface area contributed by atoms with Crippen LogP contribution in [0.15, 0.2) is 77.7 Å². The predicted octanol–water partition coefficient (Wildman–Crippen LogP) is 5.31. The number of thioether (sulfide) groups is 1. The van der Waals surface area contributed by atoms with Crippen LogP contribution < -0.4 is 15.0 Å². The Kier molecular flexibility index (Phi) is 8.82. The summed E-state index contributed by atoms with van der Waals surface area (Å²) in [6.07, 6.45) is 0.377. The summed E-state index contributed by atoms with van der Waals surface area (Å²) in [5, 5.41) is 0. The Bertz CT molecular complexity index is 941. The first kappa shape index (κ1) is 22.7. The molecule has 0 saturated carbocycles. The van der Waals surface area contributed by atoms with Gasteiger partial charge in [0.15, 0.2) is 0 Å². The number of nitrogens with one attached hydrogen (secondary N) is 1. The van der Waals surface area contributed by atoms with Crippen molar-refractivity contribution >= 4 is 17.7 Å². The van der Waals surface area contributed by atoms with Gasteiger partial charge in [0.25, 0.3) is 0 Å². The molecule has 0 atom stereocenters. The van der Waals surface area contributed by atoms with Crippen molar-refractivity contribution in [2.45, 2.75) is 31.5 Å². The molecule has 0 aliphatic rings. The van der Waals surface area contributed by atoms with Crippen molar-refractivity contribution in [1.29, 1.82) is 0 Å². The topological polar surface area (TPSA) is 56.8 Å². The monoisotopic (exact) mass is 437 g/mol. The molecule has 3 aromatic carbocycles. The van der Waals surface area contributed by atoms with Crippen molar-refractivity contribution in [2.75, 3.05) is 12.9 Å². The molecule has 5 nitrogen and oxygen atoms in total. The summed E-state index contributed by atoms with van der Waals surface area (Å²) in [7, 11) is 1.64. The zero-order valence-electron chi connectivity index (χ0n) is 17.8. The molecular weight excluding hydrogens is 410 g/mol. The van der Waals surface area contributed by atoms with Gasteiger partial charge in [-0.2, -0.15) is 0 Å². The summed E-state index contributed by atoms with van der Waals surface area (Å²) in [4.78, 5) is 18.4. The number of carbonyl (C=O) groups excluding carboxylic acids is 1. The maximum Gasteiger partial charge on any atom is 0.244 e. The highest BCUT2D eigenvalue weighted by atomic mass is 32.2. The van der Waals surface area contributed by atoms with Crippen LogP contribution in [0.3, 0.4) is 0 Å². The van der Waals surface area contributed by atoms with E-state index in [0.717, 1.165) is 27.5 Å². The number of hydroxylamine groups is 1. The highest BCUT2D eigenvalue weighted by molar-refractivity contribution is 7.99. The number of carbonyl (C=O) groups is 1. The van der Waals surface area contributed by atoms with Crippen LogP contribution in [0.1, 0.15) is 23.1 Å². The summed E-state index contributed by atoms with van der Waals surface area (Å²) in [6, 6.07) is 23.7. The molecule has 0 radical (unpaired) electrons. The van der Waals surface area contributed by atoms with E-state index in [-0.39, 0.29) is 5.91 Å². The predicted molar refractivity (Wildman–Crippen MR) is 123 cm³/mol. The number of ether oxygens (including phenoxy) is 2. The molecule has 0 spiro atoms. The molecule has 162 valence electrons. The number of benzene rings is 3. The number of aryl methyl sites for hydroxylation is 1. The van der Waals surface area contributed by atoms with Crippen LogP contribution in [0.5, 0.6) is 11.5 Å². The normalized spacial score (nSPS) is 10.5. The largest absolute Gasteiger partial charge is 0.497 e. The minimum Gasteiger partial charge on any atom is -0.497 e. The molecule has 0 aliphatic carbocycles. The SMILES string of the molecule is COc1ccc(SCCC(=O)NOCc2ccc(OCc3ccc(C)cc3)cc2)cc1. The molecule has 0 aromatic heterocycles. The summed E-state index contributed by atoms with van der Waals surface area (Å²) in [5.74, 6) is 2.15. The number of hydrogen-bond donors (Lipinski definition) is 1. The fourth-order valence-corrected chi connectivity index (χ4v) is 3.57. The van der Waals surface area contributed by atoms with E-state index in [2.05, 4.69) is 36.7 Å². The summed E-state index contributed by atoms with van der Waals surface area (Å²) >= 11 is 1.62. The molecule has 1 N–H and O–H groups in total. The molecule has 31 heavy (non-hydrogen) atoms. The van der Waals surface area contributed by atoms with Gasteiger partial charge in [-0.25, -0.2) is 5.48 Å². The van der Waals surface area contributed by atoms with E-state index in [4.69, 9.17) is 14.3 Å². The lowest BCUT2D eigenvalue weighted by Gasteiger charge is -2.09. The van der Waals surface area contributed by atoms with E-state index >= 15 is 0 Å². The standard InChI is InChI=1S/C25H27NO4S/c1-19-3-5-20(6-4-19)17-29-23-9-7-21(8-10-23)18-30-26-25(27)15-16-31-24-13-11-22(28-2)12-14-24/h3-14H,15-18H2,1-2H3,(H,26,27). The van der Waals surface area contributed by atoms with Crippen molar-refractivity contribution in [3.8, 4) is 11.5 Å². The van der Waals surface area contributed by atoms with E-state index in [1.807, 2.05) is 48.5 Å². The summed E-state index contributed by atoms with van der Waals surface area (Å²) in [6.45, 7) is 2.89. The van der Waals surface area contributed by atoms with Gasteiger partial charge in [-0.1, -0.05) is 42.0 Å². The zero-order valence-corrected chi connectivity index (χ0v) is 18.6. The molecule has 0 bridgehead atoms. The molecule has 3 aromatic rings. The van der Waals surface area contributed by atoms with Crippen LogP contribution in [-0.2, 0) is 22.8 Å². The lowest BCUT2D eigenvalue weighted by molar-refractivity contribution is -0.134. The summed E-state index contributed by atoms with van der Waals surface area (Å²) in [5.41, 5.74) is 5.82. The van der Waals surface area contributed by atoms with Gasteiger partial charge >= 0.3 is 0 Å². The third-order valence-electron chi connectivity index (χ3n) is 4.53. The smallest absolute Gasteiger partial charge is 0.244 e. The second kappa shape index (κ2) is 12.0. The van der Waals surface area contributed by atoms with E-state index in [9.17, 15) is 4.79 Å². The van der Waals surface area contributed by atoms with Gasteiger partial charge in [0, 0.05) is 17.1 Å². The molecule has 0 unspecified atom stereocenters.